The highest BCUT2D eigenvalue weighted by molar-refractivity contribution is 5.91. The zero-order chi connectivity index (χ0) is 11.3. The fraction of sp³-hybridized carbons (Fsp3) is 0.0909. The Bertz CT molecular complexity index is 365. The van der Waals surface area contributed by atoms with Crippen molar-refractivity contribution in [1.29, 1.82) is 0 Å². The van der Waals surface area contributed by atoms with Gasteiger partial charge in [-0.1, -0.05) is 12.1 Å². The van der Waals surface area contributed by atoms with Crippen LogP contribution >= 0.6 is 0 Å². The van der Waals surface area contributed by atoms with Crippen molar-refractivity contribution in [2.75, 3.05) is 7.11 Å². The standard InChI is InChI=1S/C11H11O4/c1-14-10(11(13)15-2)7-8-3-5-9(12)6-4-8/h3-7,12H,2H2,1H3. The maximum absolute atomic E-state index is 11.1. The van der Waals surface area contributed by atoms with Crippen LogP contribution in [0.15, 0.2) is 30.0 Å². The zero-order valence-corrected chi connectivity index (χ0v) is 8.27. The van der Waals surface area contributed by atoms with E-state index in [1.54, 1.807) is 12.1 Å². The maximum atomic E-state index is 11.1. The molecule has 0 saturated heterocycles. The van der Waals surface area contributed by atoms with Crippen molar-refractivity contribution in [1.82, 2.24) is 0 Å². The maximum Gasteiger partial charge on any atom is 0.373 e. The number of rotatable bonds is 3. The van der Waals surface area contributed by atoms with Crippen LogP contribution in [-0.2, 0) is 14.3 Å². The lowest BCUT2D eigenvalue weighted by Crippen LogP contribution is -2.04. The van der Waals surface area contributed by atoms with Gasteiger partial charge in [0.15, 0.2) is 0 Å². The van der Waals surface area contributed by atoms with Crippen molar-refractivity contribution >= 4 is 12.0 Å². The lowest BCUT2D eigenvalue weighted by Gasteiger charge is -2.03. The molecule has 1 aromatic carbocycles. The predicted molar refractivity (Wildman–Crippen MR) is 54.5 cm³/mol. The Labute approximate surface area is 87.7 Å². The third-order valence-corrected chi connectivity index (χ3v) is 1.74. The summed E-state index contributed by atoms with van der Waals surface area (Å²) >= 11 is 0. The largest absolute Gasteiger partial charge is 0.508 e. The summed E-state index contributed by atoms with van der Waals surface area (Å²) in [6.07, 6.45) is 1.49. The van der Waals surface area contributed by atoms with E-state index >= 15 is 0 Å². The summed E-state index contributed by atoms with van der Waals surface area (Å²) in [6.45, 7) is 0. The molecule has 0 bridgehead atoms. The molecule has 1 N–H and O–H groups in total. The number of methoxy groups -OCH3 is 1. The molecule has 0 amide bonds. The molecule has 1 radical (unpaired) electrons. The topological polar surface area (TPSA) is 55.8 Å². The quantitative estimate of drug-likeness (QED) is 0.465. The van der Waals surface area contributed by atoms with Gasteiger partial charge in [0.05, 0.1) is 7.11 Å². The number of benzene rings is 1. The van der Waals surface area contributed by atoms with Crippen LogP contribution in [0.4, 0.5) is 0 Å². The average Bonchev–Trinajstić information content (AvgIpc) is 2.27. The van der Waals surface area contributed by atoms with Crippen molar-refractivity contribution in [3.8, 4) is 5.75 Å². The Hall–Kier alpha value is -1.97. The lowest BCUT2D eigenvalue weighted by atomic mass is 10.2. The molecular weight excluding hydrogens is 196 g/mol. The van der Waals surface area contributed by atoms with E-state index in [0.29, 0.717) is 0 Å². The Morgan fingerprint density at radius 1 is 1.40 bits per heavy atom. The van der Waals surface area contributed by atoms with E-state index in [1.165, 1.54) is 25.3 Å². The van der Waals surface area contributed by atoms with Gasteiger partial charge in [-0.2, -0.15) is 0 Å². The van der Waals surface area contributed by atoms with Crippen LogP contribution in [0.2, 0.25) is 0 Å². The van der Waals surface area contributed by atoms with Gasteiger partial charge in [-0.15, -0.1) is 0 Å². The minimum Gasteiger partial charge on any atom is -0.508 e. The molecule has 79 valence electrons. The van der Waals surface area contributed by atoms with Crippen molar-refractivity contribution in [2.45, 2.75) is 0 Å². The van der Waals surface area contributed by atoms with E-state index in [2.05, 4.69) is 11.8 Å². The van der Waals surface area contributed by atoms with Crippen molar-refractivity contribution in [3.63, 3.8) is 0 Å². The fourth-order valence-electron chi connectivity index (χ4n) is 0.994. The molecule has 4 heteroatoms. The van der Waals surface area contributed by atoms with Gasteiger partial charge in [0.25, 0.3) is 0 Å². The number of carbonyl (C=O) groups is 1. The van der Waals surface area contributed by atoms with Crippen LogP contribution in [0, 0.1) is 7.11 Å². The third kappa shape index (κ3) is 3.02. The van der Waals surface area contributed by atoms with Crippen molar-refractivity contribution < 1.29 is 19.4 Å². The van der Waals surface area contributed by atoms with E-state index in [1.807, 2.05) is 0 Å². The SMILES string of the molecule is [CH2]OC(=O)C(=Cc1ccc(O)cc1)OC. The number of ether oxygens (including phenoxy) is 2. The van der Waals surface area contributed by atoms with Crippen LogP contribution in [0.3, 0.4) is 0 Å². The van der Waals surface area contributed by atoms with Gasteiger partial charge in [0.1, 0.15) is 12.9 Å². The molecule has 4 nitrogen and oxygen atoms in total. The molecule has 0 unspecified atom stereocenters. The minimum atomic E-state index is -0.648. The first-order chi connectivity index (χ1) is 7.17. The molecule has 0 aliphatic carbocycles. The number of phenols is 1. The second kappa shape index (κ2) is 5.05. The van der Waals surface area contributed by atoms with Crippen molar-refractivity contribution in [3.05, 3.63) is 42.7 Å². The molecule has 0 aromatic heterocycles. The van der Waals surface area contributed by atoms with Gasteiger partial charge in [0.2, 0.25) is 5.76 Å². The number of aromatic hydroxyl groups is 1. The van der Waals surface area contributed by atoms with Crippen LogP contribution < -0.4 is 0 Å². The molecule has 0 atom stereocenters. The normalized spacial score (nSPS) is 10.9. The Morgan fingerprint density at radius 3 is 2.47 bits per heavy atom. The second-order valence-corrected chi connectivity index (χ2v) is 2.74. The first-order valence-corrected chi connectivity index (χ1v) is 4.18. The fourth-order valence-corrected chi connectivity index (χ4v) is 0.994. The first kappa shape index (κ1) is 11.1. The summed E-state index contributed by atoms with van der Waals surface area (Å²) in [4.78, 5) is 11.1. The van der Waals surface area contributed by atoms with Crippen LogP contribution in [0.1, 0.15) is 5.56 Å². The second-order valence-electron chi connectivity index (χ2n) is 2.74. The molecular formula is C11H11O4. The van der Waals surface area contributed by atoms with Crippen molar-refractivity contribution in [2.24, 2.45) is 0 Å². The molecule has 0 saturated carbocycles. The molecule has 0 aliphatic rings. The lowest BCUT2D eigenvalue weighted by molar-refractivity contribution is -0.137. The molecule has 0 aliphatic heterocycles. The third-order valence-electron chi connectivity index (χ3n) is 1.74. The monoisotopic (exact) mass is 207 g/mol. The summed E-state index contributed by atoms with van der Waals surface area (Å²) < 4.78 is 9.09. The minimum absolute atomic E-state index is 0.0516. The van der Waals surface area contributed by atoms with Crippen LogP contribution in [0.5, 0.6) is 5.75 Å². The Balaban J connectivity index is 2.93. The number of phenolic OH excluding ortho intramolecular Hbond substituents is 1. The Morgan fingerprint density at radius 2 is 2.00 bits per heavy atom. The number of carbonyl (C=O) groups excluding carboxylic acids is 1. The molecule has 15 heavy (non-hydrogen) atoms. The highest BCUT2D eigenvalue weighted by Crippen LogP contribution is 2.13. The van der Waals surface area contributed by atoms with E-state index < -0.39 is 5.97 Å². The molecule has 1 aromatic rings. The van der Waals surface area contributed by atoms with Gasteiger partial charge in [-0.25, -0.2) is 4.79 Å². The zero-order valence-electron chi connectivity index (χ0n) is 8.27. The van der Waals surface area contributed by atoms with Gasteiger partial charge >= 0.3 is 5.97 Å². The Kier molecular flexibility index (Phi) is 3.74. The van der Waals surface area contributed by atoms with Crippen LogP contribution in [0.25, 0.3) is 6.08 Å². The summed E-state index contributed by atoms with van der Waals surface area (Å²) in [6, 6.07) is 6.30. The van der Waals surface area contributed by atoms with Gasteiger partial charge < -0.3 is 14.6 Å². The van der Waals surface area contributed by atoms with E-state index in [0.717, 1.165) is 5.56 Å². The molecule has 0 spiro atoms. The average molecular weight is 207 g/mol. The summed E-state index contributed by atoms with van der Waals surface area (Å²) in [5.41, 5.74) is 0.718. The molecule has 0 heterocycles. The smallest absolute Gasteiger partial charge is 0.373 e. The van der Waals surface area contributed by atoms with Gasteiger partial charge in [0, 0.05) is 0 Å². The summed E-state index contributed by atoms with van der Waals surface area (Å²) in [5.74, 6) is -0.438. The van der Waals surface area contributed by atoms with Gasteiger partial charge in [-0.05, 0) is 23.8 Å². The number of hydrogen-bond donors (Lipinski definition) is 1. The number of esters is 1. The summed E-state index contributed by atoms with van der Waals surface area (Å²) in [7, 11) is 4.36. The number of hydrogen-bond acceptors (Lipinski definition) is 4. The highest BCUT2D eigenvalue weighted by atomic mass is 16.6. The van der Waals surface area contributed by atoms with Crippen LogP contribution in [-0.4, -0.2) is 18.2 Å². The van der Waals surface area contributed by atoms with E-state index in [4.69, 9.17) is 9.84 Å². The summed E-state index contributed by atoms with van der Waals surface area (Å²) in [5, 5.41) is 9.05. The van der Waals surface area contributed by atoms with E-state index in [9.17, 15) is 4.79 Å². The first-order valence-electron chi connectivity index (χ1n) is 4.18. The predicted octanol–water partition coefficient (Wildman–Crippen LogP) is 1.71. The van der Waals surface area contributed by atoms with E-state index in [-0.39, 0.29) is 11.5 Å². The molecule has 0 fully saturated rings. The molecule has 1 rings (SSSR count). The highest BCUT2D eigenvalue weighted by Gasteiger charge is 2.09. The van der Waals surface area contributed by atoms with Gasteiger partial charge in [-0.3, -0.25) is 0 Å².